The van der Waals surface area contributed by atoms with Gasteiger partial charge in [-0.25, -0.2) is 8.42 Å². The van der Waals surface area contributed by atoms with Crippen LogP contribution in [0.2, 0.25) is 0 Å². The number of carbonyl (C=O) groups is 1. The van der Waals surface area contributed by atoms with Crippen molar-refractivity contribution in [2.75, 3.05) is 29.2 Å². The maximum absolute atomic E-state index is 11.8. The molecule has 1 fully saturated rings. The Hall–Kier alpha value is -1.21. The first-order chi connectivity index (χ1) is 9.98. The Morgan fingerprint density at radius 3 is 2.67 bits per heavy atom. The Balaban J connectivity index is 1.76. The lowest BCUT2D eigenvalue weighted by Gasteiger charge is -2.09. The SMILES string of the molecule is CCOc1ccc(NC(=O)CSC2CCS(=O)(=O)C2)cc1. The Morgan fingerprint density at radius 2 is 2.10 bits per heavy atom. The molecule has 0 bridgehead atoms. The lowest BCUT2D eigenvalue weighted by atomic mass is 10.3. The highest BCUT2D eigenvalue weighted by atomic mass is 32.2. The smallest absolute Gasteiger partial charge is 0.234 e. The second-order valence-electron chi connectivity index (χ2n) is 4.84. The van der Waals surface area contributed by atoms with E-state index in [9.17, 15) is 13.2 Å². The molecule has 2 rings (SSSR count). The molecule has 1 aromatic rings. The van der Waals surface area contributed by atoms with Gasteiger partial charge in [-0.3, -0.25) is 4.79 Å². The van der Waals surface area contributed by atoms with Crippen LogP contribution in [-0.4, -0.2) is 43.4 Å². The molecule has 5 nitrogen and oxygen atoms in total. The Bertz CT molecular complexity index is 583. The standard InChI is InChI=1S/C14H19NO4S2/c1-2-19-12-5-3-11(4-6-12)15-14(16)9-20-13-7-8-21(17,18)10-13/h3-6,13H,2,7-10H2,1H3,(H,15,16). The molecule has 1 saturated heterocycles. The van der Waals surface area contributed by atoms with E-state index < -0.39 is 9.84 Å². The monoisotopic (exact) mass is 329 g/mol. The number of anilines is 1. The van der Waals surface area contributed by atoms with Crippen molar-refractivity contribution in [1.82, 2.24) is 0 Å². The van der Waals surface area contributed by atoms with Crippen LogP contribution in [0.25, 0.3) is 0 Å². The van der Waals surface area contributed by atoms with E-state index in [0.29, 0.717) is 18.7 Å². The summed E-state index contributed by atoms with van der Waals surface area (Å²) in [5, 5.41) is 2.83. The fourth-order valence-electron chi connectivity index (χ4n) is 2.08. The average molecular weight is 329 g/mol. The maximum Gasteiger partial charge on any atom is 0.234 e. The molecule has 0 aliphatic carbocycles. The molecule has 1 aromatic carbocycles. The molecule has 21 heavy (non-hydrogen) atoms. The summed E-state index contributed by atoms with van der Waals surface area (Å²) in [5.74, 6) is 1.35. The Labute approximate surface area is 129 Å². The van der Waals surface area contributed by atoms with Gasteiger partial charge in [-0.05, 0) is 37.6 Å². The average Bonchev–Trinajstić information content (AvgIpc) is 2.79. The van der Waals surface area contributed by atoms with Crippen LogP contribution in [0.1, 0.15) is 13.3 Å². The van der Waals surface area contributed by atoms with Gasteiger partial charge in [0, 0.05) is 10.9 Å². The van der Waals surface area contributed by atoms with Crippen molar-refractivity contribution in [1.29, 1.82) is 0 Å². The summed E-state index contributed by atoms with van der Waals surface area (Å²) in [5.41, 5.74) is 0.711. The number of nitrogens with one attached hydrogen (secondary N) is 1. The van der Waals surface area contributed by atoms with Crippen molar-refractivity contribution in [3.63, 3.8) is 0 Å². The Morgan fingerprint density at radius 1 is 1.38 bits per heavy atom. The van der Waals surface area contributed by atoms with Crippen molar-refractivity contribution in [2.24, 2.45) is 0 Å². The highest BCUT2D eigenvalue weighted by molar-refractivity contribution is 8.02. The minimum absolute atomic E-state index is 0.0427. The molecule has 0 saturated carbocycles. The zero-order valence-electron chi connectivity index (χ0n) is 11.9. The third-order valence-corrected chi connectivity index (χ3v) is 6.37. The summed E-state index contributed by atoms with van der Waals surface area (Å²) < 4.78 is 28.0. The molecular formula is C14H19NO4S2. The van der Waals surface area contributed by atoms with E-state index >= 15 is 0 Å². The molecule has 0 spiro atoms. The van der Waals surface area contributed by atoms with Crippen LogP contribution in [0, 0.1) is 0 Å². The van der Waals surface area contributed by atoms with Gasteiger partial charge in [0.2, 0.25) is 5.91 Å². The molecule has 1 N–H and O–H groups in total. The number of thioether (sulfide) groups is 1. The summed E-state index contributed by atoms with van der Waals surface area (Å²) in [7, 11) is -2.88. The van der Waals surface area contributed by atoms with Gasteiger partial charge >= 0.3 is 0 Å². The molecule has 1 unspecified atom stereocenters. The zero-order chi connectivity index (χ0) is 15.3. The lowest BCUT2D eigenvalue weighted by molar-refractivity contribution is -0.113. The molecule has 1 heterocycles. The topological polar surface area (TPSA) is 72.5 Å². The van der Waals surface area contributed by atoms with E-state index in [1.807, 2.05) is 6.92 Å². The normalized spacial score (nSPS) is 20.1. The van der Waals surface area contributed by atoms with Crippen molar-refractivity contribution in [3.05, 3.63) is 24.3 Å². The van der Waals surface area contributed by atoms with Crippen LogP contribution in [0.15, 0.2) is 24.3 Å². The number of hydrogen-bond acceptors (Lipinski definition) is 5. The van der Waals surface area contributed by atoms with Crippen LogP contribution in [-0.2, 0) is 14.6 Å². The largest absolute Gasteiger partial charge is 0.494 e. The van der Waals surface area contributed by atoms with Crippen LogP contribution in [0.3, 0.4) is 0 Å². The number of sulfone groups is 1. The fraction of sp³-hybridized carbons (Fsp3) is 0.500. The quantitative estimate of drug-likeness (QED) is 0.863. The maximum atomic E-state index is 11.8. The van der Waals surface area contributed by atoms with Gasteiger partial charge in [-0.15, -0.1) is 11.8 Å². The van der Waals surface area contributed by atoms with Crippen molar-refractivity contribution in [3.8, 4) is 5.75 Å². The Kier molecular flexibility index (Phi) is 5.52. The molecule has 1 atom stereocenters. The number of benzene rings is 1. The number of rotatable bonds is 6. The molecular weight excluding hydrogens is 310 g/mol. The summed E-state index contributed by atoms with van der Waals surface area (Å²) in [6.07, 6.45) is 0.642. The molecule has 7 heteroatoms. The third-order valence-electron chi connectivity index (χ3n) is 3.09. The predicted octanol–water partition coefficient (Wildman–Crippen LogP) is 1.94. The number of hydrogen-bond donors (Lipinski definition) is 1. The van der Waals surface area contributed by atoms with E-state index in [4.69, 9.17) is 4.74 Å². The van der Waals surface area contributed by atoms with E-state index in [1.165, 1.54) is 11.8 Å². The molecule has 116 valence electrons. The minimum atomic E-state index is -2.88. The van der Waals surface area contributed by atoms with E-state index in [1.54, 1.807) is 24.3 Å². The van der Waals surface area contributed by atoms with Crippen molar-refractivity contribution < 1.29 is 17.9 Å². The van der Waals surface area contributed by atoms with Crippen LogP contribution in [0.4, 0.5) is 5.69 Å². The van der Waals surface area contributed by atoms with Gasteiger partial charge < -0.3 is 10.1 Å². The van der Waals surface area contributed by atoms with Gasteiger partial charge in [0.05, 0.1) is 23.9 Å². The molecule has 0 radical (unpaired) electrons. The number of amides is 1. The van der Waals surface area contributed by atoms with Gasteiger partial charge in [0.1, 0.15) is 5.75 Å². The second-order valence-corrected chi connectivity index (χ2v) is 8.36. The van der Waals surface area contributed by atoms with E-state index in [-0.39, 0.29) is 28.4 Å². The minimum Gasteiger partial charge on any atom is -0.494 e. The molecule has 1 aliphatic rings. The first kappa shape index (κ1) is 16.2. The van der Waals surface area contributed by atoms with Crippen molar-refractivity contribution in [2.45, 2.75) is 18.6 Å². The predicted molar refractivity (Wildman–Crippen MR) is 85.8 cm³/mol. The summed E-state index contributed by atoms with van der Waals surface area (Å²) in [6.45, 7) is 2.52. The third kappa shape index (κ3) is 5.24. The fourth-order valence-corrected chi connectivity index (χ4v) is 5.53. The summed E-state index contributed by atoms with van der Waals surface area (Å²) in [4.78, 5) is 11.8. The van der Waals surface area contributed by atoms with E-state index in [0.717, 1.165) is 5.75 Å². The van der Waals surface area contributed by atoms with E-state index in [2.05, 4.69) is 5.32 Å². The van der Waals surface area contributed by atoms with Crippen LogP contribution >= 0.6 is 11.8 Å². The first-order valence-electron chi connectivity index (χ1n) is 6.83. The second kappa shape index (κ2) is 7.17. The molecule has 1 amide bonds. The highest BCUT2D eigenvalue weighted by Gasteiger charge is 2.28. The lowest BCUT2D eigenvalue weighted by Crippen LogP contribution is -2.17. The molecule has 1 aliphatic heterocycles. The number of carbonyl (C=O) groups excluding carboxylic acids is 1. The van der Waals surface area contributed by atoms with Gasteiger partial charge in [-0.1, -0.05) is 0 Å². The van der Waals surface area contributed by atoms with Gasteiger partial charge in [-0.2, -0.15) is 0 Å². The van der Waals surface area contributed by atoms with Crippen LogP contribution < -0.4 is 10.1 Å². The summed E-state index contributed by atoms with van der Waals surface area (Å²) >= 11 is 1.41. The molecule has 0 aromatic heterocycles. The van der Waals surface area contributed by atoms with Gasteiger partial charge in [0.25, 0.3) is 0 Å². The highest BCUT2D eigenvalue weighted by Crippen LogP contribution is 2.24. The summed E-state index contributed by atoms with van der Waals surface area (Å²) in [6, 6.07) is 7.17. The first-order valence-corrected chi connectivity index (χ1v) is 9.70. The van der Waals surface area contributed by atoms with Gasteiger partial charge in [0.15, 0.2) is 9.84 Å². The van der Waals surface area contributed by atoms with Crippen LogP contribution in [0.5, 0.6) is 5.75 Å². The number of ether oxygens (including phenoxy) is 1. The van der Waals surface area contributed by atoms with Crippen molar-refractivity contribution >= 4 is 33.2 Å². The zero-order valence-corrected chi connectivity index (χ0v) is 13.5.